The maximum atomic E-state index is 5.86. The molecule has 1 unspecified atom stereocenters. The predicted octanol–water partition coefficient (Wildman–Crippen LogP) is 3.89. The number of epoxide rings is 1. The Morgan fingerprint density at radius 3 is 2.10 bits per heavy atom. The first-order valence-corrected chi connectivity index (χ1v) is 11.2. The summed E-state index contributed by atoms with van der Waals surface area (Å²) in [6, 6.07) is 1.12. The van der Waals surface area contributed by atoms with Crippen molar-refractivity contribution in [3.05, 3.63) is 0 Å². The molecule has 0 bridgehead atoms. The van der Waals surface area contributed by atoms with Crippen LogP contribution < -0.4 is 0 Å². The maximum absolute atomic E-state index is 5.86. The van der Waals surface area contributed by atoms with Crippen LogP contribution in [-0.2, 0) is 18.3 Å². The van der Waals surface area contributed by atoms with Gasteiger partial charge in [-0.3, -0.25) is 0 Å². The van der Waals surface area contributed by atoms with E-state index in [1.165, 1.54) is 38.5 Å². The van der Waals surface area contributed by atoms with Crippen molar-refractivity contribution in [3.63, 3.8) is 0 Å². The molecule has 1 atom stereocenters. The molecule has 0 aromatic rings. The van der Waals surface area contributed by atoms with E-state index in [0.717, 1.165) is 39.1 Å². The Hall–Kier alpha value is 0.0569. The normalized spacial score (nSPS) is 18.1. The van der Waals surface area contributed by atoms with Crippen LogP contribution in [0.25, 0.3) is 0 Å². The average molecular weight is 319 g/mol. The van der Waals surface area contributed by atoms with E-state index in [-0.39, 0.29) is 0 Å². The Labute approximate surface area is 131 Å². The Morgan fingerprint density at radius 2 is 1.52 bits per heavy atom. The van der Waals surface area contributed by atoms with Crippen LogP contribution in [0, 0.1) is 0 Å². The van der Waals surface area contributed by atoms with Crippen molar-refractivity contribution in [1.29, 1.82) is 0 Å². The predicted molar refractivity (Wildman–Crippen MR) is 87.9 cm³/mol. The molecular weight excluding hydrogens is 284 g/mol. The third kappa shape index (κ3) is 10.4. The molecule has 0 amide bonds. The van der Waals surface area contributed by atoms with Crippen LogP contribution in [0.5, 0.6) is 0 Å². The minimum Gasteiger partial charge on any atom is -0.395 e. The summed E-state index contributed by atoms with van der Waals surface area (Å²) < 4.78 is 22.3. The van der Waals surface area contributed by atoms with Crippen LogP contribution >= 0.6 is 0 Å². The summed E-state index contributed by atoms with van der Waals surface area (Å²) in [4.78, 5) is 0. The van der Waals surface area contributed by atoms with Crippen molar-refractivity contribution >= 4 is 8.56 Å². The minimum atomic E-state index is -1.87. The molecule has 0 radical (unpaired) electrons. The van der Waals surface area contributed by atoms with E-state index in [4.69, 9.17) is 18.3 Å². The zero-order chi connectivity index (χ0) is 15.4. The highest BCUT2D eigenvalue weighted by atomic mass is 28.4. The fraction of sp³-hybridized carbons (Fsp3) is 1.00. The van der Waals surface area contributed by atoms with E-state index in [1.807, 2.05) is 0 Å². The van der Waals surface area contributed by atoms with Gasteiger partial charge in [0.25, 0.3) is 0 Å². The summed E-state index contributed by atoms with van der Waals surface area (Å²) in [6.07, 6.45) is 8.00. The van der Waals surface area contributed by atoms with E-state index in [9.17, 15) is 0 Å². The number of ether oxygens (including phenoxy) is 2. The molecule has 1 fully saturated rings. The second-order valence-electron chi connectivity index (χ2n) is 5.90. The van der Waals surface area contributed by atoms with Crippen LogP contribution in [0.4, 0.5) is 0 Å². The van der Waals surface area contributed by atoms with E-state index >= 15 is 0 Å². The molecule has 1 heterocycles. The smallest absolute Gasteiger partial charge is 0.334 e. The van der Waals surface area contributed by atoms with Crippen molar-refractivity contribution in [1.82, 2.24) is 0 Å². The largest absolute Gasteiger partial charge is 0.395 e. The van der Waals surface area contributed by atoms with Gasteiger partial charge in [-0.2, -0.15) is 0 Å². The first kappa shape index (κ1) is 19.1. The summed E-state index contributed by atoms with van der Waals surface area (Å²) in [6.45, 7) is 10.4. The highest BCUT2D eigenvalue weighted by Crippen LogP contribution is 2.19. The first-order chi connectivity index (χ1) is 10.2. The van der Waals surface area contributed by atoms with Gasteiger partial charge in [-0.25, -0.2) is 0 Å². The lowest BCUT2D eigenvalue weighted by atomic mass is 10.1. The van der Waals surface area contributed by atoms with Gasteiger partial charge in [0.2, 0.25) is 0 Å². The van der Waals surface area contributed by atoms with Crippen molar-refractivity contribution < 1.29 is 18.3 Å². The Bertz CT molecular complexity index is 240. The lowest BCUT2D eigenvalue weighted by Gasteiger charge is -2.25. The van der Waals surface area contributed by atoms with Crippen LogP contribution in [0.2, 0.25) is 12.6 Å². The molecule has 126 valence electrons. The fourth-order valence-electron chi connectivity index (χ4n) is 2.53. The standard InChI is InChI=1S/C16H34O4Si/c1-4-19-21(3,20-5-2)13-11-9-7-6-8-10-12-17-14-16-15-18-16/h16H,4-15H2,1-3H3. The monoisotopic (exact) mass is 318 g/mol. The van der Waals surface area contributed by atoms with E-state index in [2.05, 4.69) is 20.4 Å². The number of hydrogen-bond donors (Lipinski definition) is 0. The second kappa shape index (κ2) is 11.6. The van der Waals surface area contributed by atoms with Crippen LogP contribution in [0.15, 0.2) is 0 Å². The fourth-order valence-corrected chi connectivity index (χ4v) is 5.02. The van der Waals surface area contributed by atoms with Gasteiger partial charge < -0.3 is 18.3 Å². The van der Waals surface area contributed by atoms with Crippen molar-refractivity contribution in [2.75, 3.05) is 33.0 Å². The van der Waals surface area contributed by atoms with Gasteiger partial charge in [-0.05, 0) is 32.9 Å². The van der Waals surface area contributed by atoms with Gasteiger partial charge in [0.15, 0.2) is 0 Å². The van der Waals surface area contributed by atoms with E-state index in [0.29, 0.717) is 6.10 Å². The summed E-state index contributed by atoms with van der Waals surface area (Å²) in [5, 5.41) is 0. The van der Waals surface area contributed by atoms with Gasteiger partial charge in [0.05, 0.1) is 13.2 Å². The summed E-state index contributed by atoms with van der Waals surface area (Å²) in [5.41, 5.74) is 0. The highest BCUT2D eigenvalue weighted by molar-refractivity contribution is 6.66. The molecule has 4 nitrogen and oxygen atoms in total. The van der Waals surface area contributed by atoms with Crippen molar-refractivity contribution in [3.8, 4) is 0 Å². The Morgan fingerprint density at radius 1 is 0.952 bits per heavy atom. The topological polar surface area (TPSA) is 40.2 Å². The third-order valence-corrected chi connectivity index (χ3v) is 6.84. The summed E-state index contributed by atoms with van der Waals surface area (Å²) >= 11 is 0. The molecule has 21 heavy (non-hydrogen) atoms. The minimum absolute atomic E-state index is 0.402. The molecule has 0 spiro atoms. The number of rotatable bonds is 15. The SMILES string of the molecule is CCO[Si](C)(CCCCCCCCOCC1CO1)OCC. The summed E-state index contributed by atoms with van der Waals surface area (Å²) in [5.74, 6) is 0. The zero-order valence-electron chi connectivity index (χ0n) is 14.2. The van der Waals surface area contributed by atoms with E-state index < -0.39 is 8.56 Å². The molecule has 0 N–H and O–H groups in total. The lowest BCUT2D eigenvalue weighted by molar-refractivity contribution is 0.113. The van der Waals surface area contributed by atoms with Crippen LogP contribution in [-0.4, -0.2) is 47.7 Å². The first-order valence-electron chi connectivity index (χ1n) is 8.67. The zero-order valence-corrected chi connectivity index (χ0v) is 15.2. The quantitative estimate of drug-likeness (QED) is 0.261. The van der Waals surface area contributed by atoms with Gasteiger partial charge >= 0.3 is 8.56 Å². The summed E-state index contributed by atoms with van der Waals surface area (Å²) in [7, 11) is -1.87. The third-order valence-electron chi connectivity index (χ3n) is 3.78. The highest BCUT2D eigenvalue weighted by Gasteiger charge is 2.29. The Balaban J connectivity index is 1.85. The van der Waals surface area contributed by atoms with Crippen molar-refractivity contribution in [2.24, 2.45) is 0 Å². The van der Waals surface area contributed by atoms with Crippen molar-refractivity contribution in [2.45, 2.75) is 71.1 Å². The molecule has 1 rings (SSSR count). The van der Waals surface area contributed by atoms with Crippen LogP contribution in [0.1, 0.15) is 52.4 Å². The number of unbranched alkanes of at least 4 members (excludes halogenated alkanes) is 5. The molecule has 1 aliphatic rings. The molecule has 5 heteroatoms. The van der Waals surface area contributed by atoms with Gasteiger partial charge in [0, 0.05) is 19.8 Å². The van der Waals surface area contributed by atoms with Crippen LogP contribution in [0.3, 0.4) is 0 Å². The molecule has 1 saturated heterocycles. The molecule has 0 aliphatic carbocycles. The maximum Gasteiger partial charge on any atom is 0.334 e. The molecule has 0 saturated carbocycles. The molecule has 1 aliphatic heterocycles. The molecule has 0 aromatic heterocycles. The Kier molecular flexibility index (Phi) is 10.6. The second-order valence-corrected chi connectivity index (χ2v) is 9.25. The van der Waals surface area contributed by atoms with Gasteiger partial charge in [-0.1, -0.05) is 32.1 Å². The molecule has 0 aromatic carbocycles. The van der Waals surface area contributed by atoms with Gasteiger partial charge in [-0.15, -0.1) is 0 Å². The van der Waals surface area contributed by atoms with Gasteiger partial charge in [0.1, 0.15) is 6.10 Å². The lowest BCUT2D eigenvalue weighted by Crippen LogP contribution is -2.38. The molecular formula is C16H34O4Si. The average Bonchev–Trinajstić information content (AvgIpc) is 3.25. The number of hydrogen-bond acceptors (Lipinski definition) is 4. The van der Waals surface area contributed by atoms with E-state index in [1.54, 1.807) is 0 Å².